The third-order valence-electron chi connectivity index (χ3n) is 4.77. The van der Waals surface area contributed by atoms with Crippen LogP contribution in [0.3, 0.4) is 0 Å². The van der Waals surface area contributed by atoms with Crippen LogP contribution in [0.5, 0.6) is 0 Å². The van der Waals surface area contributed by atoms with Crippen molar-refractivity contribution in [3.8, 4) is 0 Å². The highest BCUT2D eigenvalue weighted by atomic mass is 16.5. The van der Waals surface area contributed by atoms with Crippen LogP contribution < -0.4 is 0 Å². The second-order valence-electron chi connectivity index (χ2n) is 6.44. The largest absolute Gasteiger partial charge is 0.464 e. The second-order valence-corrected chi connectivity index (χ2v) is 6.44. The zero-order valence-electron chi connectivity index (χ0n) is 14.2. The van der Waals surface area contributed by atoms with Gasteiger partial charge in [0, 0.05) is 11.1 Å². The molecule has 4 aromatic rings. The van der Waals surface area contributed by atoms with Crippen molar-refractivity contribution >= 4 is 22.4 Å². The molecule has 1 aliphatic rings. The van der Waals surface area contributed by atoms with Crippen molar-refractivity contribution in [1.29, 1.82) is 0 Å². The molecule has 1 aliphatic heterocycles. The van der Waals surface area contributed by atoms with Crippen molar-refractivity contribution in [3.63, 3.8) is 0 Å². The summed E-state index contributed by atoms with van der Waals surface area (Å²) < 4.78 is 6.32. The zero-order chi connectivity index (χ0) is 17.3. The third-order valence-corrected chi connectivity index (χ3v) is 4.77. The fourth-order valence-electron chi connectivity index (χ4n) is 3.48. The van der Waals surface area contributed by atoms with E-state index in [9.17, 15) is 0 Å². The van der Waals surface area contributed by atoms with E-state index in [0.29, 0.717) is 5.90 Å². The van der Waals surface area contributed by atoms with Crippen LogP contribution in [0.25, 0.3) is 10.8 Å². The maximum Gasteiger partial charge on any atom is 0.222 e. The van der Waals surface area contributed by atoms with Crippen LogP contribution in [-0.2, 0) is 4.74 Å². The quantitative estimate of drug-likeness (QED) is 0.438. The molecule has 5 rings (SSSR count). The molecule has 0 aliphatic carbocycles. The molecule has 1 unspecified atom stereocenters. The van der Waals surface area contributed by atoms with Crippen molar-refractivity contribution < 1.29 is 4.74 Å². The van der Waals surface area contributed by atoms with E-state index in [2.05, 4.69) is 60.7 Å². The van der Waals surface area contributed by atoms with Gasteiger partial charge < -0.3 is 4.74 Å². The van der Waals surface area contributed by atoms with Gasteiger partial charge in [-0.3, -0.25) is 0 Å². The molecule has 0 spiro atoms. The molecule has 0 amide bonds. The van der Waals surface area contributed by atoms with Crippen LogP contribution in [-0.4, -0.2) is 5.90 Å². The van der Waals surface area contributed by atoms with Gasteiger partial charge >= 0.3 is 0 Å². The SMILES string of the molecule is c1ccc(N=C2OC(c3ccc4ccccc4c3)c3ccccc32)cc1. The highest BCUT2D eigenvalue weighted by Crippen LogP contribution is 2.37. The number of para-hydroxylation sites is 1. The summed E-state index contributed by atoms with van der Waals surface area (Å²) in [5.74, 6) is 0.685. The molecule has 0 N–H and O–H groups in total. The van der Waals surface area contributed by atoms with Gasteiger partial charge in [0.25, 0.3) is 0 Å². The average molecular weight is 335 g/mol. The molecule has 2 heteroatoms. The van der Waals surface area contributed by atoms with Gasteiger partial charge in [-0.15, -0.1) is 0 Å². The molecule has 1 heterocycles. The van der Waals surface area contributed by atoms with E-state index in [1.54, 1.807) is 0 Å². The Morgan fingerprint density at radius 3 is 2.27 bits per heavy atom. The lowest BCUT2D eigenvalue weighted by Crippen LogP contribution is -2.01. The van der Waals surface area contributed by atoms with Crippen molar-refractivity contribution in [1.82, 2.24) is 0 Å². The first kappa shape index (κ1) is 14.9. The Labute approximate surface area is 152 Å². The van der Waals surface area contributed by atoms with Crippen LogP contribution >= 0.6 is 0 Å². The highest BCUT2D eigenvalue weighted by Gasteiger charge is 2.30. The van der Waals surface area contributed by atoms with Crippen molar-refractivity contribution in [3.05, 3.63) is 114 Å². The van der Waals surface area contributed by atoms with Crippen molar-refractivity contribution in [2.45, 2.75) is 6.10 Å². The predicted molar refractivity (Wildman–Crippen MR) is 106 cm³/mol. The van der Waals surface area contributed by atoms with E-state index in [4.69, 9.17) is 9.73 Å². The summed E-state index contributed by atoms with van der Waals surface area (Å²) in [7, 11) is 0. The first-order valence-corrected chi connectivity index (χ1v) is 8.77. The van der Waals surface area contributed by atoms with Crippen molar-refractivity contribution in [2.75, 3.05) is 0 Å². The van der Waals surface area contributed by atoms with Gasteiger partial charge in [0.05, 0.1) is 5.69 Å². The van der Waals surface area contributed by atoms with Gasteiger partial charge in [0.2, 0.25) is 5.90 Å². The second kappa shape index (κ2) is 6.16. The average Bonchev–Trinajstić information content (AvgIpc) is 3.07. The van der Waals surface area contributed by atoms with Gasteiger partial charge in [-0.2, -0.15) is 0 Å². The minimum atomic E-state index is -0.127. The minimum absolute atomic E-state index is 0.127. The van der Waals surface area contributed by atoms with Crippen LogP contribution in [0.1, 0.15) is 22.8 Å². The Hall–Kier alpha value is -3.39. The molecule has 0 saturated carbocycles. The van der Waals surface area contributed by atoms with E-state index in [1.807, 2.05) is 36.4 Å². The lowest BCUT2D eigenvalue weighted by molar-refractivity contribution is 0.252. The molecule has 0 saturated heterocycles. The van der Waals surface area contributed by atoms with Crippen LogP contribution in [0.4, 0.5) is 5.69 Å². The number of benzene rings is 4. The molecule has 0 aromatic heterocycles. The highest BCUT2D eigenvalue weighted by molar-refractivity contribution is 6.00. The fraction of sp³-hybridized carbons (Fsp3) is 0.0417. The number of fused-ring (bicyclic) bond motifs is 2. The minimum Gasteiger partial charge on any atom is -0.464 e. The van der Waals surface area contributed by atoms with E-state index in [1.165, 1.54) is 10.8 Å². The van der Waals surface area contributed by atoms with Gasteiger partial charge in [-0.25, -0.2) is 4.99 Å². The standard InChI is InChI=1S/C24H17NO/c1-2-10-20(11-3-1)25-24-22-13-7-6-12-21(22)23(26-24)19-15-14-17-8-4-5-9-18(17)16-19/h1-16,23H. The monoisotopic (exact) mass is 335 g/mol. The predicted octanol–water partition coefficient (Wildman–Crippen LogP) is 6.04. The summed E-state index contributed by atoms with van der Waals surface area (Å²) in [4.78, 5) is 4.73. The molecule has 0 fully saturated rings. The van der Waals surface area contributed by atoms with Gasteiger partial charge in [0.15, 0.2) is 6.10 Å². The summed E-state index contributed by atoms with van der Waals surface area (Å²) >= 11 is 0. The molecular formula is C24H17NO. The molecule has 124 valence electrons. The smallest absolute Gasteiger partial charge is 0.222 e. The van der Waals surface area contributed by atoms with Gasteiger partial charge in [-0.1, -0.05) is 72.8 Å². The third kappa shape index (κ3) is 2.56. The molecule has 26 heavy (non-hydrogen) atoms. The number of hydrogen-bond acceptors (Lipinski definition) is 2. The summed E-state index contributed by atoms with van der Waals surface area (Å²) in [5, 5.41) is 2.46. The number of rotatable bonds is 2. The van der Waals surface area contributed by atoms with E-state index < -0.39 is 0 Å². The Bertz CT molecular complexity index is 1120. The number of ether oxygens (including phenoxy) is 1. The topological polar surface area (TPSA) is 21.6 Å². The van der Waals surface area contributed by atoms with Gasteiger partial charge in [0.1, 0.15) is 0 Å². The fourth-order valence-corrected chi connectivity index (χ4v) is 3.48. The molecule has 2 nitrogen and oxygen atoms in total. The maximum atomic E-state index is 6.32. The summed E-state index contributed by atoms with van der Waals surface area (Å²) in [6, 6.07) is 33.2. The lowest BCUT2D eigenvalue weighted by atomic mass is 9.97. The molecule has 0 bridgehead atoms. The lowest BCUT2D eigenvalue weighted by Gasteiger charge is -2.13. The first-order valence-electron chi connectivity index (χ1n) is 8.77. The summed E-state index contributed by atoms with van der Waals surface area (Å²) in [6.45, 7) is 0. The van der Waals surface area contributed by atoms with Crippen LogP contribution in [0.15, 0.2) is 102 Å². The molecule has 0 radical (unpaired) electrons. The van der Waals surface area contributed by atoms with E-state index in [0.717, 1.165) is 22.4 Å². The maximum absolute atomic E-state index is 6.32. The molecular weight excluding hydrogens is 318 g/mol. The molecule has 4 aromatic carbocycles. The Morgan fingerprint density at radius 2 is 1.38 bits per heavy atom. The van der Waals surface area contributed by atoms with Crippen molar-refractivity contribution in [2.24, 2.45) is 4.99 Å². The Balaban J connectivity index is 1.61. The Kier molecular flexibility index (Phi) is 3.53. The van der Waals surface area contributed by atoms with E-state index in [-0.39, 0.29) is 6.10 Å². The summed E-state index contributed by atoms with van der Waals surface area (Å²) in [6.07, 6.45) is -0.127. The van der Waals surface area contributed by atoms with Crippen LogP contribution in [0, 0.1) is 0 Å². The normalized spacial score (nSPS) is 17.2. The van der Waals surface area contributed by atoms with Gasteiger partial charge in [-0.05, 0) is 40.6 Å². The Morgan fingerprint density at radius 1 is 0.654 bits per heavy atom. The zero-order valence-corrected chi connectivity index (χ0v) is 14.2. The summed E-state index contributed by atoms with van der Waals surface area (Å²) in [5.41, 5.74) is 4.28. The van der Waals surface area contributed by atoms with E-state index >= 15 is 0 Å². The number of aliphatic imine (C=N–C) groups is 1. The molecule has 1 atom stereocenters. The number of hydrogen-bond donors (Lipinski definition) is 0. The number of nitrogens with zero attached hydrogens (tertiary/aromatic N) is 1. The van der Waals surface area contributed by atoms with Crippen LogP contribution in [0.2, 0.25) is 0 Å². The first-order chi connectivity index (χ1) is 12.9.